The van der Waals surface area contributed by atoms with Crippen molar-refractivity contribution in [2.75, 3.05) is 25.4 Å². The number of ether oxygens (including phenoxy) is 2. The zero-order valence-electron chi connectivity index (χ0n) is 27.1. The van der Waals surface area contributed by atoms with Crippen molar-refractivity contribution in [2.45, 2.75) is 70.1 Å². The average molecular weight is 723 g/mol. The first-order chi connectivity index (χ1) is 23.7. The van der Waals surface area contributed by atoms with Gasteiger partial charge >= 0.3 is 25.0 Å². The number of hydrogen-bond acceptors (Lipinski definition) is 12. The molecule has 1 amide bonds. The lowest BCUT2D eigenvalue weighted by Crippen LogP contribution is -2.42. The number of nitrogens with one attached hydrogen (secondary N) is 1. The van der Waals surface area contributed by atoms with Crippen molar-refractivity contribution in [3.05, 3.63) is 86.5 Å². The van der Waals surface area contributed by atoms with E-state index >= 15 is 0 Å². The number of benzene rings is 2. The number of hydrogen-bond donors (Lipinski definition) is 3. The molecule has 2 saturated heterocycles. The highest BCUT2D eigenvalue weighted by molar-refractivity contribution is 7.51. The second-order valence-corrected chi connectivity index (χ2v) is 13.8. The highest BCUT2D eigenvalue weighted by atomic mass is 31.2. The third kappa shape index (κ3) is 8.51. The van der Waals surface area contributed by atoms with E-state index < -0.39 is 62.0 Å². The molecule has 19 heteroatoms. The van der Waals surface area contributed by atoms with Crippen LogP contribution in [0.15, 0.2) is 59.5 Å². The summed E-state index contributed by atoms with van der Waals surface area (Å²) in [7, 11) is -4.30. The van der Waals surface area contributed by atoms with E-state index in [1.807, 2.05) is 0 Å². The molecule has 270 valence electrons. The van der Waals surface area contributed by atoms with Gasteiger partial charge in [0.1, 0.15) is 17.7 Å². The number of aliphatic hydroxyl groups excluding tert-OH is 1. The molecular weight excluding hydrogens is 685 g/mol. The van der Waals surface area contributed by atoms with Crippen LogP contribution in [0.3, 0.4) is 0 Å². The molecular formula is C31H37F2N6O10P. The number of nitrogens with two attached hydrogens (primary N) is 1. The first-order valence-electron chi connectivity index (χ1n) is 15.7. The van der Waals surface area contributed by atoms with E-state index in [1.54, 1.807) is 30.9 Å². The average Bonchev–Trinajstić information content (AvgIpc) is 3.30. The number of rotatable bonds is 13. The van der Waals surface area contributed by atoms with Gasteiger partial charge in [0.05, 0.1) is 18.1 Å². The van der Waals surface area contributed by atoms with Gasteiger partial charge in [0, 0.05) is 37.0 Å². The van der Waals surface area contributed by atoms with Crippen molar-refractivity contribution in [2.24, 2.45) is 0 Å². The smallest absolute Gasteiger partial charge is 0.406 e. The molecule has 3 heterocycles. The molecule has 2 aromatic carbocycles. The SMILES string of the molecule is CC(C)NP(=O)(OCc1ccc([N+](=O)[O-])c(Oc2ccc(C(=O)N3CCCCC3)cc2)c1)OCC1OC(n2ccc(N)nc2=O)C(F)(F)C1O. The largest absolute Gasteiger partial charge is 0.450 e. The van der Waals surface area contributed by atoms with Gasteiger partial charge in [-0.25, -0.2) is 14.4 Å². The summed E-state index contributed by atoms with van der Waals surface area (Å²) in [5.41, 5.74) is 4.65. The third-order valence-electron chi connectivity index (χ3n) is 7.90. The lowest BCUT2D eigenvalue weighted by Gasteiger charge is -2.26. The van der Waals surface area contributed by atoms with Gasteiger partial charge in [0.25, 0.3) is 5.91 Å². The Morgan fingerprint density at radius 1 is 1.18 bits per heavy atom. The van der Waals surface area contributed by atoms with Crippen LogP contribution >= 0.6 is 7.75 Å². The van der Waals surface area contributed by atoms with Gasteiger partial charge in [-0.05, 0) is 81.1 Å². The van der Waals surface area contributed by atoms with E-state index in [1.165, 1.54) is 30.3 Å². The highest BCUT2D eigenvalue weighted by Gasteiger charge is 2.60. The number of piperidine rings is 1. The first kappa shape index (κ1) is 36.9. The van der Waals surface area contributed by atoms with E-state index in [2.05, 4.69) is 10.1 Å². The number of aliphatic hydroxyl groups is 1. The van der Waals surface area contributed by atoms with E-state index in [0.717, 1.165) is 31.5 Å². The first-order valence-corrected chi connectivity index (χ1v) is 17.3. The Balaban J connectivity index is 1.27. The monoisotopic (exact) mass is 722 g/mol. The maximum absolute atomic E-state index is 15.0. The Labute approximate surface area is 284 Å². The summed E-state index contributed by atoms with van der Waals surface area (Å²) in [6.45, 7) is 3.32. The van der Waals surface area contributed by atoms with E-state index in [9.17, 15) is 38.2 Å². The van der Waals surface area contributed by atoms with Gasteiger partial charge in [-0.2, -0.15) is 13.8 Å². The summed E-state index contributed by atoms with van der Waals surface area (Å²) in [5, 5.41) is 24.7. The summed E-state index contributed by atoms with van der Waals surface area (Å²) in [6, 6.07) is 10.6. The van der Waals surface area contributed by atoms with Gasteiger partial charge in [0.2, 0.25) is 12.0 Å². The summed E-state index contributed by atoms with van der Waals surface area (Å²) >= 11 is 0. The van der Waals surface area contributed by atoms with Crippen molar-refractivity contribution in [3.8, 4) is 11.5 Å². The van der Waals surface area contributed by atoms with Crippen molar-refractivity contribution in [1.29, 1.82) is 0 Å². The lowest BCUT2D eigenvalue weighted by molar-refractivity contribution is -0.385. The van der Waals surface area contributed by atoms with Gasteiger partial charge < -0.3 is 25.2 Å². The predicted octanol–water partition coefficient (Wildman–Crippen LogP) is 4.39. The second kappa shape index (κ2) is 15.3. The van der Waals surface area contributed by atoms with Crippen molar-refractivity contribution >= 4 is 25.2 Å². The number of nitro benzene ring substituents is 1. The molecule has 4 atom stereocenters. The topological polar surface area (TPSA) is 211 Å². The lowest BCUT2D eigenvalue weighted by atomic mass is 10.1. The van der Waals surface area contributed by atoms with E-state index in [0.29, 0.717) is 23.2 Å². The van der Waals surface area contributed by atoms with E-state index in [-0.39, 0.29) is 34.5 Å². The molecule has 4 N–H and O–H groups in total. The summed E-state index contributed by atoms with van der Waals surface area (Å²) in [6.07, 6.45) is -2.56. The molecule has 0 saturated carbocycles. The van der Waals surface area contributed by atoms with E-state index in [4.69, 9.17) is 24.3 Å². The fourth-order valence-electron chi connectivity index (χ4n) is 5.42. The normalized spacial score (nSPS) is 21.6. The maximum Gasteiger partial charge on any atom is 0.406 e. The fourth-order valence-corrected chi connectivity index (χ4v) is 6.94. The molecule has 1 aromatic heterocycles. The van der Waals surface area contributed by atoms with Gasteiger partial charge in [-0.1, -0.05) is 0 Å². The summed E-state index contributed by atoms with van der Waals surface area (Å²) in [4.78, 5) is 41.3. The highest BCUT2D eigenvalue weighted by Crippen LogP contribution is 2.48. The number of halogens is 2. The molecule has 2 fully saturated rings. The number of aromatic nitrogens is 2. The Morgan fingerprint density at radius 3 is 2.52 bits per heavy atom. The quantitative estimate of drug-likeness (QED) is 0.127. The zero-order chi connectivity index (χ0) is 36.2. The van der Waals surface area contributed by atoms with Crippen LogP contribution < -0.4 is 21.2 Å². The Bertz CT molecular complexity index is 1810. The molecule has 3 aromatic rings. The molecule has 0 spiro atoms. The Morgan fingerprint density at radius 2 is 1.88 bits per heavy atom. The van der Waals surface area contributed by atoms with Crippen LogP contribution in [-0.4, -0.2) is 74.3 Å². The van der Waals surface area contributed by atoms with Crippen molar-refractivity contribution < 1.29 is 46.7 Å². The predicted molar refractivity (Wildman–Crippen MR) is 174 cm³/mol. The molecule has 2 aliphatic heterocycles. The standard InChI is InChI=1S/C31H37F2N6O10P/c1-19(2)36-50(45,47-18-25-27(40)31(32,33)29(49-25)38-15-12-26(34)35-30(38)42)46-17-20-6-11-23(39(43)44)24(16-20)48-22-9-7-21(8-10-22)28(41)37-13-4-3-5-14-37/h6-12,15-16,19,25,27,29,40H,3-5,13-14,17-18H2,1-2H3,(H,36,45)(H2,34,35,42). The third-order valence-corrected chi connectivity index (χ3v) is 9.69. The van der Waals surface area contributed by atoms with Crippen LogP contribution in [0.2, 0.25) is 0 Å². The number of nitrogen functional groups attached to an aromatic ring is 1. The number of nitro groups is 1. The summed E-state index contributed by atoms with van der Waals surface area (Å²) in [5.74, 6) is -4.22. The minimum absolute atomic E-state index is 0.111. The number of likely N-dealkylation sites (tertiary alicyclic amines) is 1. The number of alkyl halides is 2. The van der Waals surface area contributed by atoms with Crippen LogP contribution in [0, 0.1) is 10.1 Å². The minimum atomic E-state index is -4.30. The molecule has 50 heavy (non-hydrogen) atoms. The van der Waals surface area contributed by atoms with Crippen LogP contribution in [0.5, 0.6) is 11.5 Å². The second-order valence-electron chi connectivity index (χ2n) is 12.1. The fraction of sp³-hybridized carbons (Fsp3) is 0.452. The van der Waals surface area contributed by atoms with Crippen LogP contribution in [0.25, 0.3) is 0 Å². The van der Waals surface area contributed by atoms with Gasteiger partial charge in [0.15, 0.2) is 6.10 Å². The molecule has 16 nitrogen and oxygen atoms in total. The Hall–Kier alpha value is -4.32. The van der Waals surface area contributed by atoms with Crippen LogP contribution in [0.4, 0.5) is 20.3 Å². The molecule has 2 aliphatic rings. The number of anilines is 1. The van der Waals surface area contributed by atoms with Crippen LogP contribution in [-0.2, 0) is 25.0 Å². The maximum atomic E-state index is 15.0. The zero-order valence-corrected chi connectivity index (χ0v) is 28.0. The molecule has 0 bridgehead atoms. The van der Waals surface area contributed by atoms with Gasteiger partial charge in [-0.3, -0.25) is 28.5 Å². The summed E-state index contributed by atoms with van der Waals surface area (Å²) < 4.78 is 66.2. The van der Waals surface area contributed by atoms with Crippen molar-refractivity contribution in [3.63, 3.8) is 0 Å². The molecule has 0 radical (unpaired) electrons. The minimum Gasteiger partial charge on any atom is -0.450 e. The number of nitrogens with zero attached hydrogens (tertiary/aromatic N) is 4. The molecule has 4 unspecified atom stereocenters. The number of amides is 1. The van der Waals surface area contributed by atoms with Crippen molar-refractivity contribution in [1.82, 2.24) is 19.5 Å². The number of carbonyl (C=O) groups excluding carboxylic acids is 1. The number of carbonyl (C=O) groups is 1. The molecule has 5 rings (SSSR count). The van der Waals surface area contributed by atoms with Gasteiger partial charge in [-0.15, -0.1) is 0 Å². The molecule has 0 aliphatic carbocycles. The Kier molecular flexibility index (Phi) is 11.3. The van der Waals surface area contributed by atoms with Crippen LogP contribution in [0.1, 0.15) is 55.3 Å².